The molecule has 252 valence electrons. The maximum Gasteiger partial charge on any atom is 0.319 e. The highest BCUT2D eigenvalue weighted by Gasteiger charge is 2.21. The van der Waals surface area contributed by atoms with Crippen molar-refractivity contribution in [2.75, 3.05) is 0 Å². The number of esters is 2. The Kier molecular flexibility index (Phi) is 14.0. The Bertz CT molecular complexity index is 1690. The first-order valence-electron chi connectivity index (χ1n) is 15.6. The van der Waals surface area contributed by atoms with Crippen LogP contribution in [0.1, 0.15) is 31.2 Å². The average molecular weight is 666 g/mol. The van der Waals surface area contributed by atoms with Crippen LogP contribution in [0.3, 0.4) is 0 Å². The Hall–Kier alpha value is -5.43. The van der Waals surface area contributed by atoms with E-state index in [0.29, 0.717) is 22.8 Å². The van der Waals surface area contributed by atoms with E-state index in [0.717, 1.165) is 10.9 Å². The van der Waals surface area contributed by atoms with Crippen molar-refractivity contribution in [3.8, 4) is 23.0 Å². The summed E-state index contributed by atoms with van der Waals surface area (Å²) >= 11 is 0. The van der Waals surface area contributed by atoms with Gasteiger partial charge >= 0.3 is 23.9 Å². The van der Waals surface area contributed by atoms with Gasteiger partial charge in [-0.1, -0.05) is 71.6 Å². The number of carboxylic acids is 2. The van der Waals surface area contributed by atoms with Crippen molar-refractivity contribution in [1.29, 1.82) is 0 Å². The summed E-state index contributed by atoms with van der Waals surface area (Å²) in [5.74, 6) is -1.49. The maximum absolute atomic E-state index is 12.3. The van der Waals surface area contributed by atoms with Crippen molar-refractivity contribution in [1.82, 2.24) is 10.5 Å². The lowest BCUT2D eigenvalue weighted by atomic mass is 9.81. The summed E-state index contributed by atoms with van der Waals surface area (Å²) in [6.45, 7) is -0.285. The highest BCUT2D eigenvalue weighted by molar-refractivity contribution is 6.51. The second-order valence-corrected chi connectivity index (χ2v) is 11.0. The molecule has 0 aromatic heterocycles. The van der Waals surface area contributed by atoms with E-state index in [1.165, 1.54) is 0 Å². The number of carbonyl (C=O) groups excluding carboxylic acids is 2. The van der Waals surface area contributed by atoms with E-state index in [4.69, 9.17) is 14.2 Å². The van der Waals surface area contributed by atoms with Gasteiger partial charge in [0.05, 0.1) is 18.7 Å². The van der Waals surface area contributed by atoms with Crippen LogP contribution in [0.25, 0.3) is 0 Å². The molecular weight excluding hydrogens is 630 g/mol. The normalized spacial score (nSPS) is 11.9. The quantitative estimate of drug-likeness (QED) is 0.0557. The third kappa shape index (κ3) is 12.3. The number of hydrogen-bond acceptors (Lipinski definition) is 10. The number of carboxylic acid groups (broad SMARTS) is 2. The predicted molar refractivity (Wildman–Crippen MR) is 184 cm³/mol. The first-order chi connectivity index (χ1) is 23.7. The molecule has 12 nitrogen and oxygen atoms in total. The minimum atomic E-state index is -1.09. The molecule has 0 radical (unpaired) electrons. The van der Waals surface area contributed by atoms with Crippen LogP contribution < -0.4 is 35.6 Å². The fraction of sp³-hybridized carbons (Fsp3) is 0.200. The average Bonchev–Trinajstić information content (AvgIpc) is 3.10. The number of benzene rings is 4. The molecule has 4 aromatic carbocycles. The van der Waals surface area contributed by atoms with Crippen LogP contribution in [0.15, 0.2) is 103 Å². The molecular formula is C35H36B2N2O10. The summed E-state index contributed by atoms with van der Waals surface area (Å²) in [6, 6.07) is 27.5. The third-order valence-electron chi connectivity index (χ3n) is 7.40. The summed E-state index contributed by atoms with van der Waals surface area (Å²) in [5, 5.41) is 34.5. The second kappa shape index (κ2) is 18.8. The van der Waals surface area contributed by atoms with Crippen LogP contribution in [0.4, 0.5) is 0 Å². The number of rotatable bonds is 19. The molecule has 0 unspecified atom stereocenters. The molecule has 4 rings (SSSR count). The molecule has 0 aliphatic heterocycles. The second-order valence-electron chi connectivity index (χ2n) is 11.0. The number of para-hydroxylation sites is 2. The number of ether oxygens (including phenoxy) is 3. The Morgan fingerprint density at radius 3 is 1.55 bits per heavy atom. The van der Waals surface area contributed by atoms with Gasteiger partial charge in [-0.25, -0.2) is 0 Å². The van der Waals surface area contributed by atoms with Crippen molar-refractivity contribution in [2.45, 2.75) is 44.4 Å². The molecule has 14 heteroatoms. The van der Waals surface area contributed by atoms with Gasteiger partial charge in [-0.2, -0.15) is 0 Å². The molecule has 0 amide bonds. The number of aliphatic carboxylic acids is 2. The molecule has 49 heavy (non-hydrogen) atoms. The number of hydrogen-bond donors (Lipinski definition) is 5. The van der Waals surface area contributed by atoms with E-state index in [1.807, 2.05) is 0 Å². The van der Waals surface area contributed by atoms with Gasteiger partial charge < -0.3 is 40.0 Å². The van der Waals surface area contributed by atoms with Gasteiger partial charge in [0.1, 0.15) is 23.0 Å². The highest BCUT2D eigenvalue weighted by atomic mass is 16.5. The van der Waals surface area contributed by atoms with Crippen molar-refractivity contribution in [2.24, 2.45) is 0 Å². The number of aliphatic hydroxyl groups excluding tert-OH is 1. The van der Waals surface area contributed by atoms with Gasteiger partial charge in [-0.3, -0.25) is 19.2 Å². The number of aliphatic hydroxyl groups is 1. The van der Waals surface area contributed by atoms with Crippen LogP contribution >= 0.6 is 0 Å². The zero-order chi connectivity index (χ0) is 35.0. The molecule has 0 bridgehead atoms. The van der Waals surface area contributed by atoms with Crippen LogP contribution in [0.5, 0.6) is 23.0 Å². The maximum atomic E-state index is 12.3. The highest BCUT2D eigenvalue weighted by Crippen LogP contribution is 2.20. The van der Waals surface area contributed by atoms with E-state index in [1.54, 1.807) is 103 Å². The summed E-state index contributed by atoms with van der Waals surface area (Å²) in [7, 11) is 0.510. The van der Waals surface area contributed by atoms with Gasteiger partial charge in [0.15, 0.2) is 0 Å². The summed E-state index contributed by atoms with van der Waals surface area (Å²) < 4.78 is 16.4. The monoisotopic (exact) mass is 666 g/mol. The van der Waals surface area contributed by atoms with Gasteiger partial charge in [0.25, 0.3) is 0 Å². The van der Waals surface area contributed by atoms with Crippen LogP contribution in [-0.2, 0) is 25.8 Å². The fourth-order valence-electron chi connectivity index (χ4n) is 4.70. The van der Waals surface area contributed by atoms with Crippen LogP contribution in [0, 0.1) is 0 Å². The largest absolute Gasteiger partial charge is 0.480 e. The van der Waals surface area contributed by atoms with E-state index >= 15 is 0 Å². The molecule has 0 fully saturated rings. The smallest absolute Gasteiger partial charge is 0.319 e. The SMILES string of the molecule is O=C(CC[C@H](NBc1ccc(Oc2ccc(BN[C@@H](CCC(=O)Oc3ccccc3CO)C(=O)O)cc2)cc1)C(=O)O)Oc1ccccc1. The van der Waals surface area contributed by atoms with Crippen LogP contribution in [-0.4, -0.2) is 66.1 Å². The van der Waals surface area contributed by atoms with Gasteiger partial charge in [-0.15, -0.1) is 0 Å². The number of carbonyl (C=O) groups is 4. The number of nitrogens with one attached hydrogen (secondary N) is 2. The molecule has 0 heterocycles. The molecule has 2 atom stereocenters. The van der Waals surface area contributed by atoms with Crippen LogP contribution in [0.2, 0.25) is 0 Å². The van der Waals surface area contributed by atoms with E-state index in [2.05, 4.69) is 10.5 Å². The topological polar surface area (TPSA) is 181 Å². The molecule has 0 saturated heterocycles. The first kappa shape index (κ1) is 36.4. The molecule has 4 aromatic rings. The summed E-state index contributed by atoms with van der Waals surface area (Å²) in [4.78, 5) is 47.9. The van der Waals surface area contributed by atoms with E-state index in [9.17, 15) is 34.5 Å². The lowest BCUT2D eigenvalue weighted by Crippen LogP contribution is -2.43. The van der Waals surface area contributed by atoms with Gasteiger partial charge in [0, 0.05) is 18.4 Å². The Balaban J connectivity index is 1.19. The zero-order valence-electron chi connectivity index (χ0n) is 26.6. The Labute approximate surface area is 284 Å². The first-order valence-corrected chi connectivity index (χ1v) is 15.6. The molecule has 0 spiro atoms. The minimum Gasteiger partial charge on any atom is -0.480 e. The van der Waals surface area contributed by atoms with Crippen molar-refractivity contribution in [3.05, 3.63) is 109 Å². The lowest BCUT2D eigenvalue weighted by Gasteiger charge is -2.14. The lowest BCUT2D eigenvalue weighted by molar-refractivity contribution is -0.141. The molecule has 5 N–H and O–H groups in total. The zero-order valence-corrected chi connectivity index (χ0v) is 26.6. The Morgan fingerprint density at radius 1 is 0.592 bits per heavy atom. The third-order valence-corrected chi connectivity index (χ3v) is 7.40. The van der Waals surface area contributed by atoms with Gasteiger partial charge in [0.2, 0.25) is 14.8 Å². The molecule has 0 aliphatic carbocycles. The van der Waals surface area contributed by atoms with Crippen molar-refractivity contribution >= 4 is 49.6 Å². The molecule has 0 aliphatic rings. The summed E-state index contributed by atoms with van der Waals surface area (Å²) in [6.07, 6.45) is -0.0971. The van der Waals surface area contributed by atoms with Crippen molar-refractivity contribution in [3.63, 3.8) is 0 Å². The predicted octanol–water partition coefficient (Wildman–Crippen LogP) is 1.78. The molecule has 0 saturated carbocycles. The fourth-order valence-corrected chi connectivity index (χ4v) is 4.70. The summed E-state index contributed by atoms with van der Waals surface area (Å²) in [5.41, 5.74) is 2.09. The minimum absolute atomic E-state index is 0.0164. The standard InChI is InChI=1S/C35H36B2N2O10/c40-22-23-6-4-5-9-31(23)49-33(42)21-19-30(35(45)46)39-37-25-12-16-28(17-13-25)47-27-14-10-24(11-15-27)36-38-29(34(43)44)18-20-32(41)48-26-7-2-1-3-8-26/h1-17,29-30,36-40H,18-22H2,(H,43,44)(H,45,46)/t29-,30-/m0/s1. The van der Waals surface area contributed by atoms with E-state index < -0.39 is 36.0 Å². The van der Waals surface area contributed by atoms with E-state index in [-0.39, 0.29) is 52.9 Å². The van der Waals surface area contributed by atoms with Crippen molar-refractivity contribution < 1.29 is 48.7 Å². The van der Waals surface area contributed by atoms with Gasteiger partial charge in [-0.05, 0) is 55.3 Å². The Morgan fingerprint density at radius 2 is 1.06 bits per heavy atom.